The molecule has 574 valence electrons. The first-order valence-corrected chi connectivity index (χ1v) is 40.7. The summed E-state index contributed by atoms with van der Waals surface area (Å²) in [5.41, 5.74) is 0. The molecule has 0 heterocycles. The first-order chi connectivity index (χ1) is 49.7. The Bertz CT molecular complexity index is 2700. The number of aliphatic hydroxyl groups is 1. The van der Waals surface area contributed by atoms with Crippen molar-refractivity contribution in [2.45, 2.75) is 264 Å². The fourth-order valence-electron chi connectivity index (χ4n) is 9.04. The van der Waals surface area contributed by atoms with Crippen molar-refractivity contribution < 1.29 is 80.2 Å². The molecule has 0 saturated carbocycles. The van der Waals surface area contributed by atoms with Crippen LogP contribution in [0.1, 0.15) is 246 Å². The average Bonchev–Trinajstić information content (AvgIpc) is 0.926. The molecule has 0 saturated heterocycles. The van der Waals surface area contributed by atoms with Crippen LogP contribution in [0.5, 0.6) is 0 Å². The van der Waals surface area contributed by atoms with Crippen LogP contribution in [-0.2, 0) is 65.4 Å². The number of carbonyl (C=O) groups is 4. The van der Waals surface area contributed by atoms with Crippen LogP contribution in [0.2, 0.25) is 0 Å². The Morgan fingerprint density at radius 2 is 0.529 bits per heavy atom. The molecule has 0 amide bonds. The first-order valence-electron chi connectivity index (χ1n) is 37.7. The zero-order chi connectivity index (χ0) is 74.6. The number of ether oxygens (including phenoxy) is 4. The van der Waals surface area contributed by atoms with E-state index in [9.17, 15) is 43.2 Å². The van der Waals surface area contributed by atoms with Gasteiger partial charge < -0.3 is 33.8 Å². The van der Waals surface area contributed by atoms with Gasteiger partial charge >= 0.3 is 39.5 Å². The Balaban J connectivity index is 5.53. The largest absolute Gasteiger partial charge is 0.472 e. The number of allylic oxidation sites excluding steroid dienone is 30. The van der Waals surface area contributed by atoms with E-state index in [0.29, 0.717) is 25.7 Å². The molecule has 17 nitrogen and oxygen atoms in total. The SMILES string of the molecule is CC/C=C\C/C=C\C/C=C\C/C=C\C/C=C\CC(=O)OCC(COP(=O)(O)OCC(O)COP(=O)(O)OCC(COC(=O)CCCCCCCCC/C=C\C/C=C\C/C=C\CC)OC(=O)C/C=C\C/C=C\C/C=C\C/C=C\C/C=C\CC)OC(=O)CCCCCCC/C=C\C/C=C\C/C=C\CC. The van der Waals surface area contributed by atoms with Gasteiger partial charge in [-0.25, -0.2) is 9.13 Å². The fraction of sp³-hybridized carbons (Fsp3) is 0.566. The third-order valence-electron chi connectivity index (χ3n) is 14.6. The van der Waals surface area contributed by atoms with Crippen molar-refractivity contribution in [3.8, 4) is 0 Å². The zero-order valence-electron chi connectivity index (χ0n) is 62.4. The van der Waals surface area contributed by atoms with Crippen LogP contribution in [0, 0.1) is 0 Å². The van der Waals surface area contributed by atoms with Crippen LogP contribution in [0.25, 0.3) is 0 Å². The lowest BCUT2D eigenvalue weighted by atomic mass is 10.1. The van der Waals surface area contributed by atoms with Gasteiger partial charge in [-0.05, 0) is 141 Å². The lowest BCUT2D eigenvalue weighted by Gasteiger charge is -2.21. The van der Waals surface area contributed by atoms with Crippen molar-refractivity contribution in [2.24, 2.45) is 0 Å². The number of unbranched alkanes of at least 4 members (excludes halogenated alkanes) is 12. The lowest BCUT2D eigenvalue weighted by Crippen LogP contribution is -2.30. The van der Waals surface area contributed by atoms with E-state index in [1.807, 2.05) is 30.4 Å². The highest BCUT2D eigenvalue weighted by Crippen LogP contribution is 2.45. The van der Waals surface area contributed by atoms with Crippen molar-refractivity contribution in [2.75, 3.05) is 39.6 Å². The quantitative estimate of drug-likeness (QED) is 0.0169. The second-order valence-corrected chi connectivity index (χ2v) is 27.0. The molecule has 0 aromatic rings. The fourth-order valence-corrected chi connectivity index (χ4v) is 10.6. The normalized spacial score (nSPS) is 15.0. The molecule has 5 unspecified atom stereocenters. The Hall–Kier alpha value is -6.10. The van der Waals surface area contributed by atoms with Crippen LogP contribution in [0.4, 0.5) is 0 Å². The first kappa shape index (κ1) is 95.9. The van der Waals surface area contributed by atoms with Gasteiger partial charge in [0.1, 0.15) is 19.3 Å². The van der Waals surface area contributed by atoms with E-state index >= 15 is 0 Å². The molecule has 0 aliphatic heterocycles. The average molecular weight is 1460 g/mol. The molecule has 0 spiro atoms. The molecule has 0 rings (SSSR count). The minimum atomic E-state index is -5.02. The predicted molar refractivity (Wildman–Crippen MR) is 417 cm³/mol. The van der Waals surface area contributed by atoms with E-state index < -0.39 is 97.5 Å². The number of esters is 4. The standard InChI is InChI=1S/C83H130O17P2/c1-5-9-13-17-21-25-29-33-37-38-42-44-48-52-56-60-64-68-81(86)94-74-79(100-83(88)70-66-62-58-54-50-46-41-36-32-28-24-20-16-12-8-4)76-98-102(91,92)96-72-77(84)71-95-101(89,90)97-75-78(99-82(87)69-65-61-57-53-49-45-40-35-31-27-23-19-15-11-7-3)73-93-80(85)67-63-59-55-51-47-43-39-34-30-26-22-18-14-10-6-2/h9-16,21-28,33-37,39-41,47,50-51,54,59,62-63,66,77-79,84H,5-8,17-20,29-32,38,42-46,48-49,52-53,55-58,60-61,64-65,67-76H2,1-4H3,(H,89,90)(H,91,92)/b13-9-,14-10-,15-11-,16-12-,25-21-,26-22-,27-23-,28-24-,37-33-,39-34-,40-35-,41-36-,51-47-,54-50-,63-59-,66-62-. The van der Waals surface area contributed by atoms with Crippen LogP contribution in [0.15, 0.2) is 194 Å². The van der Waals surface area contributed by atoms with Crippen LogP contribution >= 0.6 is 15.6 Å². The summed E-state index contributed by atoms with van der Waals surface area (Å²) in [6, 6.07) is 0. The Kier molecular flexibility index (Phi) is 68.8. The third kappa shape index (κ3) is 72.3. The summed E-state index contributed by atoms with van der Waals surface area (Å²) < 4.78 is 68.2. The zero-order valence-corrected chi connectivity index (χ0v) is 64.2. The molecule has 0 aromatic carbocycles. The molecule has 102 heavy (non-hydrogen) atoms. The molecular formula is C83H130O17P2. The van der Waals surface area contributed by atoms with E-state index in [-0.39, 0.29) is 25.7 Å². The summed E-state index contributed by atoms with van der Waals surface area (Å²) in [6.45, 7) is 4.11. The number of phosphoric acid groups is 2. The van der Waals surface area contributed by atoms with Crippen molar-refractivity contribution in [1.82, 2.24) is 0 Å². The molecule has 0 aliphatic carbocycles. The molecule has 0 bridgehead atoms. The molecule has 3 N–H and O–H groups in total. The Morgan fingerprint density at radius 3 is 0.863 bits per heavy atom. The smallest absolute Gasteiger partial charge is 0.462 e. The number of aliphatic hydroxyl groups excluding tert-OH is 1. The van der Waals surface area contributed by atoms with Crippen molar-refractivity contribution in [3.05, 3.63) is 194 Å². The molecule has 0 aliphatic rings. The van der Waals surface area contributed by atoms with Gasteiger partial charge in [0, 0.05) is 12.8 Å². The van der Waals surface area contributed by atoms with Gasteiger partial charge in [-0.2, -0.15) is 0 Å². The minimum absolute atomic E-state index is 0.0455. The van der Waals surface area contributed by atoms with E-state index in [4.69, 9.17) is 37.0 Å². The van der Waals surface area contributed by atoms with Crippen molar-refractivity contribution >= 4 is 39.5 Å². The highest BCUT2D eigenvalue weighted by atomic mass is 31.2. The number of hydrogen-bond acceptors (Lipinski definition) is 15. The summed E-state index contributed by atoms with van der Waals surface area (Å²) in [4.78, 5) is 72.8. The Morgan fingerprint density at radius 1 is 0.284 bits per heavy atom. The van der Waals surface area contributed by atoms with Gasteiger partial charge in [-0.3, -0.25) is 37.3 Å². The minimum Gasteiger partial charge on any atom is -0.462 e. The molecule has 0 radical (unpaired) electrons. The van der Waals surface area contributed by atoms with E-state index in [1.54, 1.807) is 18.2 Å². The van der Waals surface area contributed by atoms with Crippen LogP contribution in [0.3, 0.4) is 0 Å². The second-order valence-electron chi connectivity index (χ2n) is 24.1. The van der Waals surface area contributed by atoms with Gasteiger partial charge in [0.05, 0.1) is 39.3 Å². The second kappa shape index (κ2) is 73.2. The number of hydrogen-bond donors (Lipinski definition) is 3. The number of rotatable bonds is 68. The molecule has 5 atom stereocenters. The van der Waals surface area contributed by atoms with E-state index in [2.05, 4.69) is 174 Å². The maximum absolute atomic E-state index is 13.1. The van der Waals surface area contributed by atoms with E-state index in [1.165, 1.54) is 0 Å². The van der Waals surface area contributed by atoms with Gasteiger partial charge in [-0.1, -0.05) is 273 Å². The summed E-state index contributed by atoms with van der Waals surface area (Å²) in [5, 5.41) is 10.6. The van der Waals surface area contributed by atoms with Gasteiger partial charge in [0.15, 0.2) is 12.2 Å². The monoisotopic (exact) mass is 1460 g/mol. The van der Waals surface area contributed by atoms with E-state index in [0.717, 1.165) is 167 Å². The topological polar surface area (TPSA) is 237 Å². The maximum Gasteiger partial charge on any atom is 0.472 e. The number of phosphoric ester groups is 2. The highest BCUT2D eigenvalue weighted by molar-refractivity contribution is 7.47. The molecule has 0 aromatic heterocycles. The number of carbonyl (C=O) groups excluding carboxylic acids is 4. The predicted octanol–water partition coefficient (Wildman–Crippen LogP) is 21.8. The third-order valence-corrected chi connectivity index (χ3v) is 16.5. The lowest BCUT2D eigenvalue weighted by molar-refractivity contribution is -0.160. The summed E-state index contributed by atoms with van der Waals surface area (Å²) in [6.07, 6.45) is 89.2. The van der Waals surface area contributed by atoms with Crippen LogP contribution in [-0.4, -0.2) is 96.7 Å². The van der Waals surface area contributed by atoms with Crippen molar-refractivity contribution in [3.63, 3.8) is 0 Å². The van der Waals surface area contributed by atoms with Gasteiger partial charge in [-0.15, -0.1) is 0 Å². The Labute approximate surface area is 615 Å². The molecule has 19 heteroatoms. The summed E-state index contributed by atoms with van der Waals surface area (Å²) in [5.74, 6) is -2.53. The molecule has 0 fully saturated rings. The summed E-state index contributed by atoms with van der Waals surface area (Å²) >= 11 is 0. The summed E-state index contributed by atoms with van der Waals surface area (Å²) in [7, 11) is -10.0. The van der Waals surface area contributed by atoms with Crippen LogP contribution < -0.4 is 0 Å². The maximum atomic E-state index is 13.1. The van der Waals surface area contributed by atoms with Crippen molar-refractivity contribution in [1.29, 1.82) is 0 Å². The molecular weight excluding hydrogens is 1330 g/mol. The van der Waals surface area contributed by atoms with Gasteiger partial charge in [0.2, 0.25) is 0 Å². The highest BCUT2D eigenvalue weighted by Gasteiger charge is 2.30. The van der Waals surface area contributed by atoms with Gasteiger partial charge in [0.25, 0.3) is 0 Å².